The third-order valence-corrected chi connectivity index (χ3v) is 5.95. The van der Waals surface area contributed by atoms with Gasteiger partial charge in [0.05, 0.1) is 0 Å². The van der Waals surface area contributed by atoms with Gasteiger partial charge in [0, 0.05) is 19.6 Å². The van der Waals surface area contributed by atoms with E-state index < -0.39 is 0 Å². The van der Waals surface area contributed by atoms with Gasteiger partial charge in [-0.05, 0) is 25.7 Å². The van der Waals surface area contributed by atoms with Crippen LogP contribution in [-0.4, -0.2) is 30.6 Å². The predicted octanol–water partition coefficient (Wildman–Crippen LogP) is 7.44. The molecule has 3 heteroatoms. The highest BCUT2D eigenvalue weighted by molar-refractivity contribution is 5.74. The maximum absolute atomic E-state index is 12.0. The number of carbonyl (C=O) groups excluding carboxylic acids is 1. The van der Waals surface area contributed by atoms with Gasteiger partial charge in [-0.25, -0.2) is 4.79 Å². The molecule has 0 bridgehead atoms. The summed E-state index contributed by atoms with van der Waals surface area (Å²) in [7, 11) is 0. The monoisotopic (exact) mass is 380 g/mol. The molecule has 1 N–H and O–H groups in total. The quantitative estimate of drug-likeness (QED) is 0.261. The summed E-state index contributed by atoms with van der Waals surface area (Å²) in [5.74, 6) is 0. The summed E-state index contributed by atoms with van der Waals surface area (Å²) < 4.78 is 0. The average Bonchev–Trinajstić information content (AvgIpc) is 2.70. The van der Waals surface area contributed by atoms with Gasteiger partial charge in [-0.2, -0.15) is 0 Å². The van der Waals surface area contributed by atoms with E-state index in [0.717, 1.165) is 26.1 Å². The van der Waals surface area contributed by atoms with Gasteiger partial charge >= 0.3 is 6.03 Å². The fourth-order valence-corrected chi connectivity index (χ4v) is 4.08. The van der Waals surface area contributed by atoms with Crippen molar-refractivity contribution in [2.75, 3.05) is 19.6 Å². The second-order valence-corrected chi connectivity index (χ2v) is 8.58. The molecule has 1 fully saturated rings. The minimum atomic E-state index is 0.163. The second kappa shape index (κ2) is 18.6. The molecule has 0 spiro atoms. The van der Waals surface area contributed by atoms with E-state index in [4.69, 9.17) is 0 Å². The molecule has 0 aliphatic carbocycles. The SMILES string of the molecule is CCCCCCCCCCCCCCCCCCNC(=O)N1CCCCC1. The number of rotatable bonds is 17. The standard InChI is InChI=1S/C24H48N2O/c1-2-3-4-5-6-7-8-9-10-11-12-13-14-15-16-18-21-25-24(27)26-22-19-17-20-23-26/h2-23H2,1H3,(H,25,27). The molecule has 2 amide bonds. The topological polar surface area (TPSA) is 32.3 Å². The maximum atomic E-state index is 12.0. The Hall–Kier alpha value is -0.730. The number of hydrogen-bond donors (Lipinski definition) is 1. The first-order valence-electron chi connectivity index (χ1n) is 12.4. The van der Waals surface area contributed by atoms with Gasteiger partial charge in [0.1, 0.15) is 0 Å². The molecule has 1 rings (SSSR count). The van der Waals surface area contributed by atoms with Crippen molar-refractivity contribution in [1.82, 2.24) is 10.2 Å². The van der Waals surface area contributed by atoms with E-state index in [-0.39, 0.29) is 6.03 Å². The Balaban J connectivity index is 1.71. The van der Waals surface area contributed by atoms with Crippen molar-refractivity contribution in [1.29, 1.82) is 0 Å². The molecule has 27 heavy (non-hydrogen) atoms. The molecule has 1 saturated heterocycles. The van der Waals surface area contributed by atoms with Crippen molar-refractivity contribution < 1.29 is 4.79 Å². The molecule has 1 aliphatic heterocycles. The first-order valence-corrected chi connectivity index (χ1v) is 12.4. The van der Waals surface area contributed by atoms with Gasteiger partial charge in [0.25, 0.3) is 0 Å². The minimum absolute atomic E-state index is 0.163. The Morgan fingerprint density at radius 2 is 1.04 bits per heavy atom. The molecule has 160 valence electrons. The zero-order valence-corrected chi connectivity index (χ0v) is 18.4. The Bertz CT molecular complexity index is 326. The second-order valence-electron chi connectivity index (χ2n) is 8.58. The van der Waals surface area contributed by atoms with Crippen molar-refractivity contribution in [3.05, 3.63) is 0 Å². The lowest BCUT2D eigenvalue weighted by molar-refractivity contribution is 0.186. The molecule has 3 nitrogen and oxygen atoms in total. The molecule has 0 aromatic heterocycles. The largest absolute Gasteiger partial charge is 0.338 e. The molecule has 0 saturated carbocycles. The van der Waals surface area contributed by atoms with Crippen LogP contribution in [0.5, 0.6) is 0 Å². The number of nitrogens with zero attached hydrogens (tertiary/aromatic N) is 1. The Kier molecular flexibility index (Phi) is 16.8. The van der Waals surface area contributed by atoms with Crippen LogP contribution in [0, 0.1) is 0 Å². The van der Waals surface area contributed by atoms with Crippen molar-refractivity contribution in [2.45, 2.75) is 129 Å². The van der Waals surface area contributed by atoms with Crippen molar-refractivity contribution in [3.63, 3.8) is 0 Å². The summed E-state index contributed by atoms with van der Waals surface area (Å²) in [6, 6.07) is 0.163. The third-order valence-electron chi connectivity index (χ3n) is 5.95. The van der Waals surface area contributed by atoms with E-state index in [1.165, 1.54) is 116 Å². The molecule has 1 heterocycles. The van der Waals surface area contributed by atoms with E-state index in [2.05, 4.69) is 12.2 Å². The van der Waals surface area contributed by atoms with Crippen LogP contribution in [-0.2, 0) is 0 Å². The molecular weight excluding hydrogens is 332 g/mol. The number of likely N-dealkylation sites (tertiary alicyclic amines) is 1. The Labute approximate surface area is 170 Å². The molecule has 0 atom stereocenters. The number of carbonyl (C=O) groups is 1. The van der Waals surface area contributed by atoms with Gasteiger partial charge < -0.3 is 10.2 Å². The molecule has 0 aromatic rings. The molecule has 0 radical (unpaired) electrons. The summed E-state index contributed by atoms with van der Waals surface area (Å²) in [5.41, 5.74) is 0. The minimum Gasteiger partial charge on any atom is -0.338 e. The number of piperidine rings is 1. The number of hydrogen-bond acceptors (Lipinski definition) is 1. The van der Waals surface area contributed by atoms with Crippen LogP contribution >= 0.6 is 0 Å². The van der Waals surface area contributed by atoms with Crippen molar-refractivity contribution >= 4 is 6.03 Å². The lowest BCUT2D eigenvalue weighted by Crippen LogP contribution is -2.43. The average molecular weight is 381 g/mol. The van der Waals surface area contributed by atoms with Crippen molar-refractivity contribution in [2.24, 2.45) is 0 Å². The molecule has 0 unspecified atom stereocenters. The third kappa shape index (κ3) is 14.9. The number of urea groups is 1. The van der Waals surface area contributed by atoms with Gasteiger partial charge in [-0.1, -0.05) is 103 Å². The fourth-order valence-electron chi connectivity index (χ4n) is 4.08. The van der Waals surface area contributed by atoms with Gasteiger partial charge in [-0.15, -0.1) is 0 Å². The van der Waals surface area contributed by atoms with E-state index in [9.17, 15) is 4.79 Å². The highest BCUT2D eigenvalue weighted by Gasteiger charge is 2.15. The highest BCUT2D eigenvalue weighted by Crippen LogP contribution is 2.13. The van der Waals surface area contributed by atoms with E-state index in [0.29, 0.717) is 0 Å². The normalized spacial score (nSPS) is 14.5. The van der Waals surface area contributed by atoms with Crippen LogP contribution in [0.4, 0.5) is 4.79 Å². The Morgan fingerprint density at radius 1 is 0.630 bits per heavy atom. The number of unbranched alkanes of at least 4 members (excludes halogenated alkanes) is 15. The summed E-state index contributed by atoms with van der Waals surface area (Å²) in [5, 5.41) is 3.09. The van der Waals surface area contributed by atoms with Crippen LogP contribution in [0.1, 0.15) is 129 Å². The maximum Gasteiger partial charge on any atom is 0.317 e. The van der Waals surface area contributed by atoms with Crippen LogP contribution < -0.4 is 5.32 Å². The van der Waals surface area contributed by atoms with E-state index >= 15 is 0 Å². The number of nitrogens with one attached hydrogen (secondary N) is 1. The summed E-state index contributed by atoms with van der Waals surface area (Å²) in [4.78, 5) is 14.0. The van der Waals surface area contributed by atoms with Crippen LogP contribution in [0.3, 0.4) is 0 Å². The summed E-state index contributed by atoms with van der Waals surface area (Å²) >= 11 is 0. The lowest BCUT2D eigenvalue weighted by atomic mass is 10.0. The molecular formula is C24H48N2O. The fraction of sp³-hybridized carbons (Fsp3) is 0.958. The first-order chi connectivity index (χ1) is 13.3. The molecule has 1 aliphatic rings. The van der Waals surface area contributed by atoms with Gasteiger partial charge in [0.2, 0.25) is 0 Å². The summed E-state index contributed by atoms with van der Waals surface area (Å²) in [6.45, 7) is 5.04. The van der Waals surface area contributed by atoms with Crippen LogP contribution in [0.15, 0.2) is 0 Å². The highest BCUT2D eigenvalue weighted by atomic mass is 16.2. The van der Waals surface area contributed by atoms with Gasteiger partial charge in [0.15, 0.2) is 0 Å². The van der Waals surface area contributed by atoms with Gasteiger partial charge in [-0.3, -0.25) is 0 Å². The first kappa shape index (κ1) is 24.3. The van der Waals surface area contributed by atoms with Crippen LogP contribution in [0.25, 0.3) is 0 Å². The van der Waals surface area contributed by atoms with Crippen LogP contribution in [0.2, 0.25) is 0 Å². The van der Waals surface area contributed by atoms with E-state index in [1.54, 1.807) is 0 Å². The van der Waals surface area contributed by atoms with Crippen molar-refractivity contribution in [3.8, 4) is 0 Å². The zero-order chi connectivity index (χ0) is 19.4. The Morgan fingerprint density at radius 3 is 1.48 bits per heavy atom. The predicted molar refractivity (Wildman–Crippen MR) is 118 cm³/mol. The summed E-state index contributed by atoms with van der Waals surface area (Å²) in [6.07, 6.45) is 25.9. The van der Waals surface area contributed by atoms with E-state index in [1.807, 2.05) is 4.90 Å². The smallest absolute Gasteiger partial charge is 0.317 e. The zero-order valence-electron chi connectivity index (χ0n) is 18.4. The molecule has 0 aromatic carbocycles. The lowest BCUT2D eigenvalue weighted by Gasteiger charge is -2.26. The number of amides is 2.